The lowest BCUT2D eigenvalue weighted by Crippen LogP contribution is -2.48. The number of rotatable bonds is 7. The summed E-state index contributed by atoms with van der Waals surface area (Å²) in [5, 5.41) is 3.25. The standard InChI is InChI=1S/C25H39N3O2/c1-20(2)27(3)24(30)21-12-16-28(17-13-21)18-23(29)26-19-25(14-8-5-9-15-25)22-10-6-4-7-11-22/h4,6-7,10-11,20-21H,5,8-9,12-19H2,1-3H3,(H,26,29). The summed E-state index contributed by atoms with van der Waals surface area (Å²) in [5.74, 6) is 0.455. The highest BCUT2D eigenvalue weighted by Gasteiger charge is 2.34. The normalized spacial score (nSPS) is 20.1. The Bertz CT molecular complexity index is 690. The molecule has 0 radical (unpaired) electrons. The average Bonchev–Trinajstić information content (AvgIpc) is 2.78. The van der Waals surface area contributed by atoms with E-state index in [1.807, 2.05) is 25.8 Å². The molecule has 1 aliphatic heterocycles. The lowest BCUT2D eigenvalue weighted by Gasteiger charge is -2.38. The van der Waals surface area contributed by atoms with E-state index in [0.29, 0.717) is 6.54 Å². The van der Waals surface area contributed by atoms with Crippen LogP contribution in [0.1, 0.15) is 64.4 Å². The topological polar surface area (TPSA) is 52.7 Å². The predicted molar refractivity (Wildman–Crippen MR) is 121 cm³/mol. The minimum absolute atomic E-state index is 0.0794. The third kappa shape index (κ3) is 5.63. The molecule has 1 heterocycles. The SMILES string of the molecule is CC(C)N(C)C(=O)C1CCN(CC(=O)NCC2(c3ccccc3)CCCCC2)CC1. The first kappa shape index (κ1) is 22.8. The molecule has 0 atom stereocenters. The number of piperidine rings is 1. The highest BCUT2D eigenvalue weighted by Crippen LogP contribution is 2.38. The van der Waals surface area contributed by atoms with Crippen molar-refractivity contribution in [2.45, 2.75) is 70.3 Å². The van der Waals surface area contributed by atoms with Crippen molar-refractivity contribution in [3.05, 3.63) is 35.9 Å². The minimum atomic E-state index is 0.0794. The Morgan fingerprint density at radius 3 is 2.33 bits per heavy atom. The lowest BCUT2D eigenvalue weighted by atomic mass is 9.69. The fourth-order valence-electron chi connectivity index (χ4n) is 5.00. The van der Waals surface area contributed by atoms with E-state index in [1.165, 1.54) is 24.8 Å². The molecule has 2 amide bonds. The first-order valence-electron chi connectivity index (χ1n) is 11.7. The summed E-state index contributed by atoms with van der Waals surface area (Å²) in [6.07, 6.45) is 7.74. The molecule has 0 spiro atoms. The molecular weight excluding hydrogens is 374 g/mol. The molecule has 1 saturated carbocycles. The Morgan fingerprint density at radius 2 is 1.73 bits per heavy atom. The summed E-state index contributed by atoms with van der Waals surface area (Å²) >= 11 is 0. The second kappa shape index (κ2) is 10.4. The van der Waals surface area contributed by atoms with E-state index in [9.17, 15) is 9.59 Å². The molecule has 1 aliphatic carbocycles. The molecule has 5 heteroatoms. The monoisotopic (exact) mass is 413 g/mol. The van der Waals surface area contributed by atoms with Crippen LogP contribution in [-0.4, -0.2) is 60.9 Å². The zero-order chi connectivity index (χ0) is 21.6. The van der Waals surface area contributed by atoms with Crippen molar-refractivity contribution in [2.75, 3.05) is 33.2 Å². The van der Waals surface area contributed by atoms with Gasteiger partial charge in [0.25, 0.3) is 0 Å². The molecule has 2 fully saturated rings. The number of benzene rings is 1. The third-order valence-electron chi connectivity index (χ3n) is 7.25. The molecule has 0 aromatic heterocycles. The van der Waals surface area contributed by atoms with Crippen molar-refractivity contribution in [3.8, 4) is 0 Å². The molecule has 166 valence electrons. The maximum Gasteiger partial charge on any atom is 0.234 e. The van der Waals surface area contributed by atoms with Gasteiger partial charge in [0.05, 0.1) is 6.54 Å². The molecular formula is C25H39N3O2. The van der Waals surface area contributed by atoms with Crippen molar-refractivity contribution >= 4 is 11.8 Å². The van der Waals surface area contributed by atoms with E-state index in [4.69, 9.17) is 0 Å². The largest absolute Gasteiger partial charge is 0.354 e. The van der Waals surface area contributed by atoms with Crippen LogP contribution < -0.4 is 5.32 Å². The molecule has 1 aromatic rings. The molecule has 0 unspecified atom stereocenters. The van der Waals surface area contributed by atoms with Gasteiger partial charge in [-0.25, -0.2) is 0 Å². The van der Waals surface area contributed by atoms with E-state index in [2.05, 4.69) is 40.5 Å². The molecule has 1 N–H and O–H groups in total. The van der Waals surface area contributed by atoms with Crippen molar-refractivity contribution in [2.24, 2.45) is 5.92 Å². The molecule has 5 nitrogen and oxygen atoms in total. The zero-order valence-corrected chi connectivity index (χ0v) is 19.0. The maximum atomic E-state index is 12.7. The van der Waals surface area contributed by atoms with Crippen LogP contribution >= 0.6 is 0 Å². The average molecular weight is 414 g/mol. The molecule has 1 saturated heterocycles. The Labute approximate surface area is 182 Å². The van der Waals surface area contributed by atoms with Gasteiger partial charge < -0.3 is 10.2 Å². The van der Waals surface area contributed by atoms with Crippen molar-refractivity contribution in [1.29, 1.82) is 0 Å². The van der Waals surface area contributed by atoms with Gasteiger partial charge in [0.15, 0.2) is 0 Å². The summed E-state index contributed by atoms with van der Waals surface area (Å²) in [5.41, 5.74) is 1.44. The lowest BCUT2D eigenvalue weighted by molar-refractivity contribution is -0.137. The Morgan fingerprint density at radius 1 is 1.10 bits per heavy atom. The summed E-state index contributed by atoms with van der Waals surface area (Å²) in [4.78, 5) is 29.3. The molecule has 2 aliphatic rings. The van der Waals surface area contributed by atoms with Crippen LogP contribution in [-0.2, 0) is 15.0 Å². The minimum Gasteiger partial charge on any atom is -0.354 e. The number of carbonyl (C=O) groups excluding carboxylic acids is 2. The number of hydrogen-bond donors (Lipinski definition) is 1. The van der Waals surface area contributed by atoms with E-state index < -0.39 is 0 Å². The first-order valence-corrected chi connectivity index (χ1v) is 11.7. The van der Waals surface area contributed by atoms with Crippen LogP contribution in [0.15, 0.2) is 30.3 Å². The van der Waals surface area contributed by atoms with Gasteiger partial charge in [-0.3, -0.25) is 14.5 Å². The number of nitrogens with zero attached hydrogens (tertiary/aromatic N) is 2. The maximum absolute atomic E-state index is 12.7. The van der Waals surface area contributed by atoms with Crippen LogP contribution in [0.3, 0.4) is 0 Å². The molecule has 0 bridgehead atoms. The quantitative estimate of drug-likeness (QED) is 0.743. The number of likely N-dealkylation sites (tertiary alicyclic amines) is 1. The van der Waals surface area contributed by atoms with E-state index in [-0.39, 0.29) is 29.2 Å². The fourth-order valence-corrected chi connectivity index (χ4v) is 5.00. The number of carbonyl (C=O) groups is 2. The summed E-state index contributed by atoms with van der Waals surface area (Å²) in [6.45, 7) is 6.90. The predicted octanol–water partition coefficient (Wildman–Crippen LogP) is 3.58. The second-order valence-corrected chi connectivity index (χ2v) is 9.58. The van der Waals surface area contributed by atoms with Gasteiger partial charge in [0.1, 0.15) is 0 Å². The van der Waals surface area contributed by atoms with Gasteiger partial charge in [-0.1, -0.05) is 49.6 Å². The van der Waals surface area contributed by atoms with Gasteiger partial charge in [-0.05, 0) is 58.2 Å². The van der Waals surface area contributed by atoms with Crippen molar-refractivity contribution < 1.29 is 9.59 Å². The zero-order valence-electron chi connectivity index (χ0n) is 19.0. The van der Waals surface area contributed by atoms with Crippen LogP contribution in [0.4, 0.5) is 0 Å². The van der Waals surface area contributed by atoms with E-state index >= 15 is 0 Å². The van der Waals surface area contributed by atoms with E-state index in [1.54, 1.807) is 0 Å². The van der Waals surface area contributed by atoms with Gasteiger partial charge in [0.2, 0.25) is 11.8 Å². The highest BCUT2D eigenvalue weighted by molar-refractivity contribution is 5.79. The Balaban J connectivity index is 1.48. The second-order valence-electron chi connectivity index (χ2n) is 9.58. The molecule has 3 rings (SSSR count). The van der Waals surface area contributed by atoms with Crippen molar-refractivity contribution in [1.82, 2.24) is 15.1 Å². The number of nitrogens with one attached hydrogen (secondary N) is 1. The molecule has 30 heavy (non-hydrogen) atoms. The van der Waals surface area contributed by atoms with Gasteiger partial charge in [0, 0.05) is 31.0 Å². The number of hydrogen-bond acceptors (Lipinski definition) is 3. The summed E-state index contributed by atoms with van der Waals surface area (Å²) in [6, 6.07) is 10.9. The van der Waals surface area contributed by atoms with Crippen molar-refractivity contribution in [3.63, 3.8) is 0 Å². The van der Waals surface area contributed by atoms with Crippen LogP contribution in [0.5, 0.6) is 0 Å². The van der Waals surface area contributed by atoms with Crippen LogP contribution in [0, 0.1) is 5.92 Å². The first-order chi connectivity index (χ1) is 14.4. The van der Waals surface area contributed by atoms with Crippen LogP contribution in [0.2, 0.25) is 0 Å². The highest BCUT2D eigenvalue weighted by atomic mass is 16.2. The van der Waals surface area contributed by atoms with E-state index in [0.717, 1.165) is 45.3 Å². The van der Waals surface area contributed by atoms with Gasteiger partial charge in [-0.15, -0.1) is 0 Å². The smallest absolute Gasteiger partial charge is 0.234 e. The summed E-state index contributed by atoms with van der Waals surface area (Å²) in [7, 11) is 1.89. The Hall–Kier alpha value is -1.88. The summed E-state index contributed by atoms with van der Waals surface area (Å²) < 4.78 is 0. The van der Waals surface area contributed by atoms with Gasteiger partial charge >= 0.3 is 0 Å². The molecule has 1 aromatic carbocycles. The fraction of sp³-hybridized carbons (Fsp3) is 0.680. The Kier molecular flexibility index (Phi) is 7.93. The number of amides is 2. The van der Waals surface area contributed by atoms with Gasteiger partial charge in [-0.2, -0.15) is 0 Å². The van der Waals surface area contributed by atoms with Crippen LogP contribution in [0.25, 0.3) is 0 Å². The third-order valence-corrected chi connectivity index (χ3v) is 7.25.